The topological polar surface area (TPSA) is 70.0 Å². The van der Waals surface area contributed by atoms with E-state index in [9.17, 15) is 19.4 Å². The summed E-state index contributed by atoms with van der Waals surface area (Å²) in [5.41, 5.74) is 2.29. The summed E-state index contributed by atoms with van der Waals surface area (Å²) in [5.74, 6) is 0.156. The van der Waals surface area contributed by atoms with Crippen molar-refractivity contribution in [2.24, 2.45) is 5.92 Å². The molecule has 160 valence electrons. The summed E-state index contributed by atoms with van der Waals surface area (Å²) in [6, 6.07) is 19.6. The third kappa shape index (κ3) is 4.25. The zero-order valence-electron chi connectivity index (χ0n) is 17.1. The van der Waals surface area contributed by atoms with Gasteiger partial charge in [0.1, 0.15) is 17.3 Å². The number of phenolic OH excluding ortho intramolecular Hbond substituents is 1. The van der Waals surface area contributed by atoms with Crippen molar-refractivity contribution >= 4 is 11.6 Å². The lowest BCUT2D eigenvalue weighted by atomic mass is 9.78. The summed E-state index contributed by atoms with van der Waals surface area (Å²) < 4.78 is 18.6. The molecule has 0 spiro atoms. The Morgan fingerprint density at radius 3 is 2.26 bits per heavy atom. The summed E-state index contributed by atoms with van der Waals surface area (Å²) in [6.45, 7) is 0. The fraction of sp³-hybridized carbons (Fsp3) is 0.240. The van der Waals surface area contributed by atoms with Crippen molar-refractivity contribution in [3.63, 3.8) is 0 Å². The van der Waals surface area contributed by atoms with Crippen LogP contribution in [0.25, 0.3) is 0 Å². The number of aliphatic hydroxyl groups is 1. The van der Waals surface area contributed by atoms with E-state index in [1.165, 1.54) is 24.3 Å². The zero-order chi connectivity index (χ0) is 22.0. The molecule has 3 atom stereocenters. The number of nitrogens with zero attached hydrogens (tertiary/aromatic N) is 1. The monoisotopic (exact) mass is 421 g/mol. The Morgan fingerprint density at radius 1 is 1.00 bits per heavy atom. The number of rotatable bonds is 7. The van der Waals surface area contributed by atoms with Crippen LogP contribution >= 0.6 is 0 Å². The molecule has 5 nitrogen and oxygen atoms in total. The van der Waals surface area contributed by atoms with Gasteiger partial charge in [-0.15, -0.1) is 0 Å². The van der Waals surface area contributed by atoms with Crippen molar-refractivity contribution in [2.75, 3.05) is 12.0 Å². The SMILES string of the molecule is COc1ccc(C2C(CCC(O)c3ccc(O)cc3)C(=O)N2c2ccc(F)cc2)cc1. The second-order valence-electron chi connectivity index (χ2n) is 7.69. The number of β-lactam (4-membered cyclic amide) rings is 1. The summed E-state index contributed by atoms with van der Waals surface area (Å²) in [4.78, 5) is 14.7. The molecular formula is C25H24FNO4. The molecule has 31 heavy (non-hydrogen) atoms. The Kier molecular flexibility index (Phi) is 5.91. The molecule has 0 bridgehead atoms. The van der Waals surface area contributed by atoms with Gasteiger partial charge in [-0.1, -0.05) is 24.3 Å². The van der Waals surface area contributed by atoms with Gasteiger partial charge in [-0.25, -0.2) is 4.39 Å². The molecule has 3 aromatic carbocycles. The molecule has 0 radical (unpaired) electrons. The Labute approximate surface area is 180 Å². The quantitative estimate of drug-likeness (QED) is 0.540. The third-order valence-corrected chi connectivity index (χ3v) is 5.81. The Balaban J connectivity index is 1.55. The van der Waals surface area contributed by atoms with E-state index < -0.39 is 6.10 Å². The van der Waals surface area contributed by atoms with Crippen LogP contribution in [0.3, 0.4) is 0 Å². The molecule has 0 aromatic heterocycles. The molecule has 3 aromatic rings. The standard InChI is InChI=1S/C25H24FNO4/c1-31-21-12-4-17(5-13-21)24-22(14-15-23(29)16-2-10-20(28)11-3-16)25(30)27(24)19-8-6-18(26)7-9-19/h2-13,22-24,28-29H,14-15H2,1H3. The van der Waals surface area contributed by atoms with Crippen LogP contribution in [0.15, 0.2) is 72.8 Å². The number of methoxy groups -OCH3 is 1. The highest BCUT2D eigenvalue weighted by molar-refractivity contribution is 6.03. The minimum Gasteiger partial charge on any atom is -0.508 e. The van der Waals surface area contributed by atoms with Crippen LogP contribution in [-0.2, 0) is 4.79 Å². The average Bonchev–Trinajstić information content (AvgIpc) is 2.79. The van der Waals surface area contributed by atoms with Gasteiger partial charge >= 0.3 is 0 Å². The predicted octanol–water partition coefficient (Wildman–Crippen LogP) is 4.76. The third-order valence-electron chi connectivity index (χ3n) is 5.81. The van der Waals surface area contributed by atoms with E-state index in [0.29, 0.717) is 24.1 Å². The van der Waals surface area contributed by atoms with Crippen LogP contribution in [0.5, 0.6) is 11.5 Å². The number of halogens is 1. The van der Waals surface area contributed by atoms with E-state index in [2.05, 4.69) is 0 Å². The van der Waals surface area contributed by atoms with Crippen molar-refractivity contribution in [2.45, 2.75) is 25.0 Å². The number of ether oxygens (including phenoxy) is 1. The molecule has 6 heteroatoms. The summed E-state index contributed by atoms with van der Waals surface area (Å²) in [7, 11) is 1.60. The summed E-state index contributed by atoms with van der Waals surface area (Å²) >= 11 is 0. The van der Waals surface area contributed by atoms with E-state index >= 15 is 0 Å². The van der Waals surface area contributed by atoms with E-state index in [0.717, 1.165) is 11.3 Å². The van der Waals surface area contributed by atoms with Crippen LogP contribution in [0, 0.1) is 11.7 Å². The van der Waals surface area contributed by atoms with Gasteiger partial charge in [-0.2, -0.15) is 0 Å². The van der Waals surface area contributed by atoms with E-state index in [1.54, 1.807) is 36.3 Å². The molecule has 1 amide bonds. The molecule has 0 saturated carbocycles. The van der Waals surface area contributed by atoms with Gasteiger partial charge < -0.3 is 19.8 Å². The highest BCUT2D eigenvalue weighted by atomic mass is 19.1. The maximum Gasteiger partial charge on any atom is 0.233 e. The van der Waals surface area contributed by atoms with Crippen LogP contribution in [0.2, 0.25) is 0 Å². The molecule has 1 aliphatic heterocycles. The number of hydrogen-bond acceptors (Lipinski definition) is 4. The lowest BCUT2D eigenvalue weighted by Gasteiger charge is -2.48. The van der Waals surface area contributed by atoms with Crippen LogP contribution < -0.4 is 9.64 Å². The van der Waals surface area contributed by atoms with E-state index in [-0.39, 0.29) is 29.4 Å². The van der Waals surface area contributed by atoms with Gasteiger partial charge in [0.2, 0.25) is 5.91 Å². The normalized spacial score (nSPS) is 19.1. The van der Waals surface area contributed by atoms with Gasteiger partial charge in [-0.05, 0) is 72.5 Å². The highest BCUT2D eigenvalue weighted by Gasteiger charge is 2.48. The second kappa shape index (κ2) is 8.78. The maximum atomic E-state index is 13.4. The molecule has 1 aliphatic rings. The number of carbonyl (C=O) groups excluding carboxylic acids is 1. The van der Waals surface area contributed by atoms with E-state index in [1.807, 2.05) is 24.3 Å². The molecule has 4 rings (SSSR count). The van der Waals surface area contributed by atoms with Crippen LogP contribution in [-0.4, -0.2) is 23.2 Å². The Hall–Kier alpha value is -3.38. The van der Waals surface area contributed by atoms with E-state index in [4.69, 9.17) is 4.74 Å². The number of amides is 1. The first-order valence-corrected chi connectivity index (χ1v) is 10.2. The van der Waals surface area contributed by atoms with Crippen LogP contribution in [0.4, 0.5) is 10.1 Å². The second-order valence-corrected chi connectivity index (χ2v) is 7.69. The Bertz CT molecular complexity index is 1030. The summed E-state index contributed by atoms with van der Waals surface area (Å²) in [5, 5.41) is 20.0. The first kappa shape index (κ1) is 20.9. The maximum absolute atomic E-state index is 13.4. The van der Waals surface area contributed by atoms with Crippen molar-refractivity contribution < 1.29 is 24.1 Å². The number of aliphatic hydroxyl groups excluding tert-OH is 1. The van der Waals surface area contributed by atoms with Gasteiger partial charge in [-0.3, -0.25) is 4.79 Å². The number of hydrogen-bond donors (Lipinski definition) is 2. The molecule has 1 heterocycles. The Morgan fingerprint density at radius 2 is 1.65 bits per heavy atom. The molecule has 2 N–H and O–H groups in total. The smallest absolute Gasteiger partial charge is 0.233 e. The van der Waals surface area contributed by atoms with Crippen molar-refractivity contribution in [3.05, 3.63) is 89.7 Å². The van der Waals surface area contributed by atoms with Crippen molar-refractivity contribution in [3.8, 4) is 11.5 Å². The van der Waals surface area contributed by atoms with Gasteiger partial charge in [0, 0.05) is 5.69 Å². The van der Waals surface area contributed by atoms with Crippen molar-refractivity contribution in [1.82, 2.24) is 0 Å². The molecular weight excluding hydrogens is 397 g/mol. The minimum absolute atomic E-state index is 0.0506. The fourth-order valence-corrected chi connectivity index (χ4v) is 4.10. The first-order chi connectivity index (χ1) is 15.0. The highest BCUT2D eigenvalue weighted by Crippen LogP contribution is 2.46. The molecule has 1 saturated heterocycles. The summed E-state index contributed by atoms with van der Waals surface area (Å²) in [6.07, 6.45) is 0.171. The fourth-order valence-electron chi connectivity index (χ4n) is 4.10. The van der Waals surface area contributed by atoms with Crippen molar-refractivity contribution in [1.29, 1.82) is 0 Å². The number of aromatic hydroxyl groups is 1. The zero-order valence-corrected chi connectivity index (χ0v) is 17.1. The largest absolute Gasteiger partial charge is 0.508 e. The molecule has 3 unspecified atom stereocenters. The number of phenols is 1. The lowest BCUT2D eigenvalue weighted by Crippen LogP contribution is -2.55. The number of benzene rings is 3. The average molecular weight is 421 g/mol. The van der Waals surface area contributed by atoms with Gasteiger partial charge in [0.25, 0.3) is 0 Å². The molecule has 1 fully saturated rings. The minimum atomic E-state index is -0.732. The predicted molar refractivity (Wildman–Crippen MR) is 115 cm³/mol. The number of anilines is 1. The number of carbonyl (C=O) groups is 1. The van der Waals surface area contributed by atoms with Gasteiger partial charge in [0.15, 0.2) is 0 Å². The first-order valence-electron chi connectivity index (χ1n) is 10.2. The van der Waals surface area contributed by atoms with Gasteiger partial charge in [0.05, 0.1) is 25.2 Å². The molecule has 0 aliphatic carbocycles. The van der Waals surface area contributed by atoms with Crippen LogP contribution in [0.1, 0.15) is 36.1 Å². The lowest BCUT2D eigenvalue weighted by molar-refractivity contribution is -0.131.